The number of aromatic amines is 1. The lowest BCUT2D eigenvalue weighted by Gasteiger charge is -2.13. The van der Waals surface area contributed by atoms with Gasteiger partial charge in [-0.15, -0.1) is 0 Å². The SMILES string of the molecule is CCOc1cc(/C=N\Nc2cn[nH]c(=O)c2Cl)ccc1OCc1cccc(Cl)c1. The summed E-state index contributed by atoms with van der Waals surface area (Å²) in [5, 5.41) is 10.6. The van der Waals surface area contributed by atoms with E-state index in [1.807, 2.05) is 37.3 Å². The van der Waals surface area contributed by atoms with E-state index in [0.717, 1.165) is 11.1 Å². The molecule has 0 aliphatic heterocycles. The zero-order valence-electron chi connectivity index (χ0n) is 15.5. The van der Waals surface area contributed by atoms with Gasteiger partial charge in [-0.25, -0.2) is 5.10 Å². The number of nitrogens with zero attached hydrogens (tertiary/aromatic N) is 2. The van der Waals surface area contributed by atoms with E-state index >= 15 is 0 Å². The molecule has 0 unspecified atom stereocenters. The van der Waals surface area contributed by atoms with Crippen molar-refractivity contribution in [1.29, 1.82) is 0 Å². The van der Waals surface area contributed by atoms with Crippen LogP contribution in [0.2, 0.25) is 10.0 Å². The van der Waals surface area contributed by atoms with Crippen LogP contribution < -0.4 is 20.5 Å². The van der Waals surface area contributed by atoms with Crippen LogP contribution >= 0.6 is 23.2 Å². The van der Waals surface area contributed by atoms with Gasteiger partial charge in [0.25, 0.3) is 5.56 Å². The maximum atomic E-state index is 11.4. The molecule has 0 saturated heterocycles. The summed E-state index contributed by atoms with van der Waals surface area (Å²) in [5.41, 5.74) is 4.23. The zero-order chi connectivity index (χ0) is 20.6. The smallest absolute Gasteiger partial charge is 0.285 e. The van der Waals surface area contributed by atoms with Gasteiger partial charge in [-0.1, -0.05) is 35.3 Å². The molecule has 150 valence electrons. The van der Waals surface area contributed by atoms with Crippen LogP contribution in [0.25, 0.3) is 0 Å². The number of hydrogen-bond acceptors (Lipinski definition) is 6. The van der Waals surface area contributed by atoms with Crippen LogP contribution in [0.5, 0.6) is 11.5 Å². The molecule has 0 fully saturated rings. The molecule has 0 amide bonds. The van der Waals surface area contributed by atoms with Crippen LogP contribution in [0, 0.1) is 0 Å². The highest BCUT2D eigenvalue weighted by Crippen LogP contribution is 2.29. The highest BCUT2D eigenvalue weighted by atomic mass is 35.5. The Labute approximate surface area is 177 Å². The highest BCUT2D eigenvalue weighted by molar-refractivity contribution is 6.32. The lowest BCUT2D eigenvalue weighted by Crippen LogP contribution is -2.10. The molecule has 0 aliphatic rings. The molecule has 0 bridgehead atoms. The number of hydrazone groups is 1. The Kier molecular flexibility index (Phi) is 7.10. The Morgan fingerprint density at radius 3 is 2.83 bits per heavy atom. The van der Waals surface area contributed by atoms with E-state index in [1.165, 1.54) is 6.20 Å². The second kappa shape index (κ2) is 9.95. The summed E-state index contributed by atoms with van der Waals surface area (Å²) in [6.45, 7) is 2.75. The van der Waals surface area contributed by atoms with Crippen molar-refractivity contribution < 1.29 is 9.47 Å². The van der Waals surface area contributed by atoms with Crippen molar-refractivity contribution >= 4 is 35.1 Å². The molecule has 0 radical (unpaired) electrons. The van der Waals surface area contributed by atoms with Crippen LogP contribution in [-0.2, 0) is 6.61 Å². The number of aromatic nitrogens is 2. The number of benzene rings is 2. The molecule has 7 nitrogen and oxygen atoms in total. The second-order valence-corrected chi connectivity index (χ2v) is 6.67. The van der Waals surface area contributed by atoms with E-state index < -0.39 is 5.56 Å². The minimum atomic E-state index is -0.494. The standard InChI is InChI=1S/C20H18Cl2N4O3/c1-2-28-18-9-13(10-23-25-16-11-24-26-20(27)19(16)22)6-7-17(18)29-12-14-4-3-5-15(21)8-14/h3-11H,2,12H2,1H3,(H2,25,26,27)/b23-10-. The van der Waals surface area contributed by atoms with E-state index in [2.05, 4.69) is 20.7 Å². The molecule has 1 heterocycles. The summed E-state index contributed by atoms with van der Waals surface area (Å²) < 4.78 is 11.6. The van der Waals surface area contributed by atoms with Crippen molar-refractivity contribution in [3.8, 4) is 11.5 Å². The third-order valence-electron chi connectivity index (χ3n) is 3.75. The number of anilines is 1. The molecule has 3 rings (SSSR count). The first kappa shape index (κ1) is 20.7. The Hall–Kier alpha value is -3.03. The predicted molar refractivity (Wildman–Crippen MR) is 114 cm³/mol. The quantitative estimate of drug-likeness (QED) is 0.404. The summed E-state index contributed by atoms with van der Waals surface area (Å²) in [5.74, 6) is 1.20. The number of rotatable bonds is 8. The van der Waals surface area contributed by atoms with E-state index in [0.29, 0.717) is 35.4 Å². The van der Waals surface area contributed by atoms with Gasteiger partial charge in [0.2, 0.25) is 0 Å². The molecule has 29 heavy (non-hydrogen) atoms. The van der Waals surface area contributed by atoms with Crippen LogP contribution in [-0.4, -0.2) is 23.0 Å². The van der Waals surface area contributed by atoms with Gasteiger partial charge < -0.3 is 9.47 Å². The Bertz CT molecular complexity index is 1070. The molecule has 3 aromatic rings. The topological polar surface area (TPSA) is 88.6 Å². The summed E-state index contributed by atoms with van der Waals surface area (Å²) in [6.07, 6.45) is 2.94. The molecule has 0 aliphatic carbocycles. The van der Waals surface area contributed by atoms with Crippen molar-refractivity contribution in [2.45, 2.75) is 13.5 Å². The average Bonchev–Trinajstić information content (AvgIpc) is 2.71. The van der Waals surface area contributed by atoms with Crippen LogP contribution in [0.15, 0.2) is 58.6 Å². The zero-order valence-corrected chi connectivity index (χ0v) is 17.0. The second-order valence-electron chi connectivity index (χ2n) is 5.85. The van der Waals surface area contributed by atoms with Crippen LogP contribution in [0.1, 0.15) is 18.1 Å². The van der Waals surface area contributed by atoms with E-state index in [-0.39, 0.29) is 5.02 Å². The van der Waals surface area contributed by atoms with Gasteiger partial charge in [0.1, 0.15) is 17.3 Å². The average molecular weight is 433 g/mol. The first-order valence-corrected chi connectivity index (χ1v) is 9.48. The van der Waals surface area contributed by atoms with Crippen LogP contribution in [0.4, 0.5) is 5.69 Å². The number of halogens is 2. The Balaban J connectivity index is 1.71. The van der Waals surface area contributed by atoms with Gasteiger partial charge in [-0.05, 0) is 48.4 Å². The first-order chi connectivity index (χ1) is 14.1. The van der Waals surface area contributed by atoms with Crippen LogP contribution in [0.3, 0.4) is 0 Å². The molecule has 9 heteroatoms. The van der Waals surface area contributed by atoms with E-state index in [1.54, 1.807) is 18.3 Å². The molecule has 2 N–H and O–H groups in total. The van der Waals surface area contributed by atoms with Gasteiger partial charge in [0.15, 0.2) is 11.5 Å². The largest absolute Gasteiger partial charge is 0.490 e. The maximum absolute atomic E-state index is 11.4. The van der Waals surface area contributed by atoms with Gasteiger partial charge in [-0.3, -0.25) is 10.2 Å². The lowest BCUT2D eigenvalue weighted by atomic mass is 10.2. The Morgan fingerprint density at radius 2 is 2.03 bits per heavy atom. The van der Waals surface area contributed by atoms with Gasteiger partial charge >= 0.3 is 0 Å². The van der Waals surface area contributed by atoms with Gasteiger partial charge in [0, 0.05) is 5.02 Å². The lowest BCUT2D eigenvalue weighted by molar-refractivity contribution is 0.269. The monoisotopic (exact) mass is 432 g/mol. The third kappa shape index (κ3) is 5.73. The van der Waals surface area contributed by atoms with Crippen molar-refractivity contribution in [2.24, 2.45) is 5.10 Å². The van der Waals surface area contributed by atoms with E-state index in [9.17, 15) is 4.79 Å². The predicted octanol–water partition coefficient (Wildman–Crippen LogP) is 4.50. The molecule has 2 aromatic carbocycles. The Morgan fingerprint density at radius 1 is 1.17 bits per heavy atom. The normalized spacial score (nSPS) is 10.9. The summed E-state index contributed by atoms with van der Waals surface area (Å²) >= 11 is 11.9. The maximum Gasteiger partial charge on any atom is 0.285 e. The fourth-order valence-corrected chi connectivity index (χ4v) is 2.76. The summed E-state index contributed by atoms with van der Waals surface area (Å²) in [7, 11) is 0. The molecule has 1 aromatic heterocycles. The molecule has 0 spiro atoms. The fraction of sp³-hybridized carbons (Fsp3) is 0.150. The van der Waals surface area contributed by atoms with Crippen molar-refractivity contribution in [3.05, 3.63) is 80.2 Å². The first-order valence-electron chi connectivity index (χ1n) is 8.73. The van der Waals surface area contributed by atoms with Crippen molar-refractivity contribution in [2.75, 3.05) is 12.0 Å². The van der Waals surface area contributed by atoms with Crippen molar-refractivity contribution in [1.82, 2.24) is 10.2 Å². The molecule has 0 saturated carbocycles. The number of nitrogens with one attached hydrogen (secondary N) is 2. The van der Waals surface area contributed by atoms with E-state index in [4.69, 9.17) is 32.7 Å². The number of hydrogen-bond donors (Lipinski definition) is 2. The van der Waals surface area contributed by atoms with Gasteiger partial charge in [0.05, 0.1) is 19.0 Å². The molecular weight excluding hydrogens is 415 g/mol. The van der Waals surface area contributed by atoms with Crippen molar-refractivity contribution in [3.63, 3.8) is 0 Å². The van der Waals surface area contributed by atoms with Gasteiger partial charge in [-0.2, -0.15) is 10.2 Å². The minimum absolute atomic E-state index is 0.0167. The minimum Gasteiger partial charge on any atom is -0.490 e. The molecule has 0 atom stereocenters. The number of ether oxygens (including phenoxy) is 2. The third-order valence-corrected chi connectivity index (χ3v) is 4.36. The fourth-order valence-electron chi connectivity index (χ4n) is 2.42. The summed E-state index contributed by atoms with van der Waals surface area (Å²) in [6, 6.07) is 12.9. The molecular formula is C20H18Cl2N4O3. The number of H-pyrrole nitrogens is 1. The summed E-state index contributed by atoms with van der Waals surface area (Å²) in [4.78, 5) is 11.4. The highest BCUT2D eigenvalue weighted by Gasteiger charge is 2.07.